The molecule has 7 nitrogen and oxygen atoms in total. The Morgan fingerprint density at radius 1 is 1.17 bits per heavy atom. The first-order chi connectivity index (χ1) is 10.1. The molecule has 1 heterocycles. The fourth-order valence-electron chi connectivity index (χ4n) is 2.70. The summed E-state index contributed by atoms with van der Waals surface area (Å²) in [6, 6.07) is 4.53. The predicted octanol–water partition coefficient (Wildman–Crippen LogP) is 0.646. The molecular formula is C13H22ClN3O4S2. The second-order valence-electron chi connectivity index (χ2n) is 5.56. The van der Waals surface area contributed by atoms with Gasteiger partial charge in [-0.3, -0.25) is 0 Å². The summed E-state index contributed by atoms with van der Waals surface area (Å²) < 4.78 is 49.8. The monoisotopic (exact) mass is 383 g/mol. The van der Waals surface area contributed by atoms with Crippen LogP contribution < -0.4 is 10.9 Å². The molecule has 2 atom stereocenters. The summed E-state index contributed by atoms with van der Waals surface area (Å²) in [5.41, 5.74) is 5.91. The van der Waals surface area contributed by atoms with Gasteiger partial charge in [0.25, 0.3) is 0 Å². The van der Waals surface area contributed by atoms with Gasteiger partial charge in [-0.2, -0.15) is 4.31 Å². The van der Waals surface area contributed by atoms with Gasteiger partial charge in [0.2, 0.25) is 20.0 Å². The van der Waals surface area contributed by atoms with Crippen molar-refractivity contribution in [1.29, 1.82) is 0 Å². The number of piperidine rings is 1. The third kappa shape index (κ3) is 4.43. The fourth-order valence-corrected chi connectivity index (χ4v) is 5.16. The smallest absolute Gasteiger partial charge is 0.243 e. The highest BCUT2D eigenvalue weighted by Gasteiger charge is 2.35. The lowest BCUT2D eigenvalue weighted by Gasteiger charge is -2.36. The molecule has 0 spiro atoms. The van der Waals surface area contributed by atoms with Crippen LogP contribution in [0.15, 0.2) is 34.1 Å². The molecule has 0 bridgehead atoms. The zero-order valence-corrected chi connectivity index (χ0v) is 15.2. The first-order valence-corrected chi connectivity index (χ1v) is 10.0. The number of halogens is 1. The Kier molecular flexibility index (Phi) is 6.59. The lowest BCUT2D eigenvalue weighted by atomic mass is 10.00. The highest BCUT2D eigenvalue weighted by atomic mass is 35.5. The topological polar surface area (TPSA) is 124 Å². The summed E-state index contributed by atoms with van der Waals surface area (Å²) in [6.07, 6.45) is 2.39. The quantitative estimate of drug-likeness (QED) is 0.789. The molecule has 10 heteroatoms. The van der Waals surface area contributed by atoms with Crippen molar-refractivity contribution in [2.24, 2.45) is 10.9 Å². The van der Waals surface area contributed by atoms with Crippen molar-refractivity contribution < 1.29 is 16.8 Å². The van der Waals surface area contributed by atoms with Crippen molar-refractivity contribution in [2.75, 3.05) is 6.54 Å². The lowest BCUT2D eigenvalue weighted by molar-refractivity contribution is 0.227. The lowest BCUT2D eigenvalue weighted by Crippen LogP contribution is -2.51. The summed E-state index contributed by atoms with van der Waals surface area (Å²) in [6.45, 7) is 2.16. The molecule has 1 aromatic rings. The molecule has 0 aliphatic carbocycles. The Labute approximate surface area is 143 Å². The van der Waals surface area contributed by atoms with Crippen molar-refractivity contribution in [3.63, 3.8) is 0 Å². The average molecular weight is 384 g/mol. The maximum absolute atomic E-state index is 12.8. The van der Waals surface area contributed by atoms with E-state index in [1.165, 1.54) is 22.5 Å². The van der Waals surface area contributed by atoms with Crippen LogP contribution in [-0.4, -0.2) is 39.8 Å². The van der Waals surface area contributed by atoms with Crippen LogP contribution >= 0.6 is 12.4 Å². The van der Waals surface area contributed by atoms with Crippen LogP contribution in [0.1, 0.15) is 26.2 Å². The summed E-state index contributed by atoms with van der Waals surface area (Å²) >= 11 is 0. The number of sulfonamides is 2. The number of hydrogen-bond donors (Lipinski definition) is 2. The van der Waals surface area contributed by atoms with Gasteiger partial charge in [-0.1, -0.05) is 12.5 Å². The number of nitrogens with zero attached hydrogens (tertiary/aromatic N) is 1. The molecule has 1 aromatic carbocycles. The van der Waals surface area contributed by atoms with E-state index in [1.807, 2.05) is 0 Å². The van der Waals surface area contributed by atoms with Gasteiger partial charge < -0.3 is 5.73 Å². The third-order valence-corrected chi connectivity index (χ3v) is 6.68. The first kappa shape index (κ1) is 20.3. The molecule has 1 saturated heterocycles. The summed E-state index contributed by atoms with van der Waals surface area (Å²) in [4.78, 5) is -0.297. The Balaban J connectivity index is 0.00000264. The minimum absolute atomic E-state index is 0. The second-order valence-corrected chi connectivity index (χ2v) is 9.01. The van der Waals surface area contributed by atoms with E-state index in [0.717, 1.165) is 18.9 Å². The van der Waals surface area contributed by atoms with Gasteiger partial charge in [0, 0.05) is 18.6 Å². The molecule has 132 valence electrons. The number of hydrogen-bond acceptors (Lipinski definition) is 5. The highest BCUT2D eigenvalue weighted by molar-refractivity contribution is 7.90. The maximum Gasteiger partial charge on any atom is 0.243 e. The minimum atomic E-state index is -3.95. The maximum atomic E-state index is 12.8. The molecule has 0 saturated carbocycles. The van der Waals surface area contributed by atoms with Crippen LogP contribution in [0.5, 0.6) is 0 Å². The molecule has 0 radical (unpaired) electrons. The first-order valence-electron chi connectivity index (χ1n) is 7.04. The van der Waals surface area contributed by atoms with Gasteiger partial charge in [0.1, 0.15) is 0 Å². The standard InChI is InChI=1S/C13H21N3O4S2.ClH/c1-10(14)13-7-2-3-8-16(13)22(19,20)12-6-4-5-11(9-12)21(15,17)18;/h4-6,9-10,13H,2-3,7-8,14H2,1H3,(H2,15,17,18);1H. The van der Waals surface area contributed by atoms with Gasteiger partial charge >= 0.3 is 0 Å². The van der Waals surface area contributed by atoms with Crippen molar-refractivity contribution in [1.82, 2.24) is 4.31 Å². The van der Waals surface area contributed by atoms with Gasteiger partial charge in [-0.25, -0.2) is 22.0 Å². The van der Waals surface area contributed by atoms with Gasteiger partial charge in [-0.15, -0.1) is 12.4 Å². The number of rotatable bonds is 4. The van der Waals surface area contributed by atoms with Crippen molar-refractivity contribution in [2.45, 2.75) is 48.1 Å². The SMILES string of the molecule is CC(N)C1CCCCN1S(=O)(=O)c1cccc(S(N)(=O)=O)c1.Cl. The van der Waals surface area contributed by atoms with E-state index in [2.05, 4.69) is 0 Å². The molecule has 4 N–H and O–H groups in total. The molecule has 2 rings (SSSR count). The second kappa shape index (κ2) is 7.45. The average Bonchev–Trinajstić information content (AvgIpc) is 2.46. The Morgan fingerprint density at radius 2 is 1.78 bits per heavy atom. The molecule has 1 aliphatic heterocycles. The van der Waals surface area contributed by atoms with E-state index in [0.29, 0.717) is 13.0 Å². The van der Waals surface area contributed by atoms with Gasteiger partial charge in [-0.05, 0) is 38.0 Å². The molecular weight excluding hydrogens is 362 g/mol. The van der Waals surface area contributed by atoms with Crippen LogP contribution in [0.25, 0.3) is 0 Å². The zero-order valence-electron chi connectivity index (χ0n) is 12.8. The van der Waals surface area contributed by atoms with E-state index in [4.69, 9.17) is 10.9 Å². The number of nitrogens with two attached hydrogens (primary N) is 2. The van der Waals surface area contributed by atoms with Crippen LogP contribution in [0, 0.1) is 0 Å². The number of primary sulfonamides is 1. The van der Waals surface area contributed by atoms with E-state index in [9.17, 15) is 16.8 Å². The molecule has 0 aromatic heterocycles. The minimum Gasteiger partial charge on any atom is -0.326 e. The molecule has 2 unspecified atom stereocenters. The van der Waals surface area contributed by atoms with Crippen LogP contribution in [0.3, 0.4) is 0 Å². The largest absolute Gasteiger partial charge is 0.326 e. The Bertz CT molecular complexity index is 750. The molecule has 0 amide bonds. The normalized spacial score (nSPS) is 21.4. The summed E-state index contributed by atoms with van der Waals surface area (Å²) in [5, 5.41) is 5.07. The van der Waals surface area contributed by atoms with Gasteiger partial charge in [0.05, 0.1) is 9.79 Å². The van der Waals surface area contributed by atoms with Crippen LogP contribution in [0.4, 0.5) is 0 Å². The van der Waals surface area contributed by atoms with Gasteiger partial charge in [0.15, 0.2) is 0 Å². The van der Waals surface area contributed by atoms with E-state index in [1.54, 1.807) is 6.92 Å². The van der Waals surface area contributed by atoms with E-state index >= 15 is 0 Å². The summed E-state index contributed by atoms with van der Waals surface area (Å²) in [5.74, 6) is 0. The predicted molar refractivity (Wildman–Crippen MR) is 90.2 cm³/mol. The van der Waals surface area contributed by atoms with Crippen molar-refractivity contribution in [3.8, 4) is 0 Å². The third-order valence-electron chi connectivity index (χ3n) is 3.85. The fraction of sp³-hybridized carbons (Fsp3) is 0.538. The Morgan fingerprint density at radius 3 is 2.35 bits per heavy atom. The van der Waals surface area contributed by atoms with Crippen LogP contribution in [-0.2, 0) is 20.0 Å². The van der Waals surface area contributed by atoms with Crippen molar-refractivity contribution in [3.05, 3.63) is 24.3 Å². The zero-order chi connectivity index (χ0) is 16.5. The van der Waals surface area contributed by atoms with E-state index in [-0.39, 0.29) is 34.3 Å². The number of benzene rings is 1. The molecule has 1 aliphatic rings. The summed E-state index contributed by atoms with van der Waals surface area (Å²) in [7, 11) is -7.76. The highest BCUT2D eigenvalue weighted by Crippen LogP contribution is 2.27. The molecule has 23 heavy (non-hydrogen) atoms. The van der Waals surface area contributed by atoms with Crippen molar-refractivity contribution >= 4 is 32.5 Å². The van der Waals surface area contributed by atoms with Crippen LogP contribution in [0.2, 0.25) is 0 Å². The van der Waals surface area contributed by atoms with E-state index < -0.39 is 20.0 Å². The Hall–Kier alpha value is -0.710. The molecule has 1 fully saturated rings.